The Balaban J connectivity index is 1.75. The molecule has 0 aliphatic heterocycles. The summed E-state index contributed by atoms with van der Waals surface area (Å²) < 4.78 is 39.4. The number of carbonyl (C=O) groups excluding carboxylic acids is 1. The number of alkyl halides is 3. The summed E-state index contributed by atoms with van der Waals surface area (Å²) in [5, 5.41) is 14.4. The first-order valence-electron chi connectivity index (χ1n) is 8.98. The first-order chi connectivity index (χ1) is 14.7. The minimum Gasteiger partial charge on any atom is -0.347 e. The molecule has 1 heterocycles. The predicted molar refractivity (Wildman–Crippen MR) is 110 cm³/mol. The topological polar surface area (TPSA) is 93.9 Å². The summed E-state index contributed by atoms with van der Waals surface area (Å²) in [4.78, 5) is 21.3. The standard InChI is InChI=1S/C21H17F3N6O/c1-30(2)20-28-17(21(22,23)24)11-18(29-20)26-15-6-8-16(9-7-15)27-19(31)14-5-3-4-13(10-14)12-25/h3-11H,1-2H3,(H,27,31)(H,26,28,29). The van der Waals surface area contributed by atoms with Gasteiger partial charge in [-0.2, -0.15) is 23.4 Å². The molecule has 0 unspecified atom stereocenters. The zero-order valence-electron chi connectivity index (χ0n) is 16.5. The predicted octanol–water partition coefficient (Wildman–Crippen LogP) is 4.43. The van der Waals surface area contributed by atoms with Crippen molar-refractivity contribution in [3.05, 3.63) is 71.4 Å². The van der Waals surface area contributed by atoms with Gasteiger partial charge in [0, 0.05) is 37.1 Å². The number of nitrogens with zero attached hydrogens (tertiary/aromatic N) is 4. The summed E-state index contributed by atoms with van der Waals surface area (Å²) in [6.45, 7) is 0. The Morgan fingerprint density at radius 3 is 2.32 bits per heavy atom. The fourth-order valence-corrected chi connectivity index (χ4v) is 2.56. The minimum absolute atomic E-state index is 0.0175. The van der Waals surface area contributed by atoms with Crippen LogP contribution in [0.5, 0.6) is 0 Å². The van der Waals surface area contributed by atoms with Gasteiger partial charge in [-0.15, -0.1) is 0 Å². The molecule has 0 spiro atoms. The van der Waals surface area contributed by atoms with E-state index in [0.29, 0.717) is 22.5 Å². The second kappa shape index (κ2) is 8.71. The van der Waals surface area contributed by atoms with E-state index in [0.717, 1.165) is 6.07 Å². The lowest BCUT2D eigenvalue weighted by atomic mass is 10.1. The highest BCUT2D eigenvalue weighted by Gasteiger charge is 2.34. The quantitative estimate of drug-likeness (QED) is 0.627. The molecule has 10 heteroatoms. The van der Waals surface area contributed by atoms with Gasteiger partial charge in [0.05, 0.1) is 11.6 Å². The molecular weight excluding hydrogens is 409 g/mol. The molecule has 0 bridgehead atoms. The Kier molecular flexibility index (Phi) is 6.06. The van der Waals surface area contributed by atoms with Crippen molar-refractivity contribution in [2.45, 2.75) is 6.18 Å². The number of hydrogen-bond acceptors (Lipinski definition) is 6. The third-order valence-corrected chi connectivity index (χ3v) is 4.07. The number of aromatic nitrogens is 2. The number of hydrogen-bond donors (Lipinski definition) is 2. The van der Waals surface area contributed by atoms with Crippen LogP contribution in [-0.4, -0.2) is 30.0 Å². The molecule has 0 saturated carbocycles. The molecule has 31 heavy (non-hydrogen) atoms. The Morgan fingerprint density at radius 1 is 1.03 bits per heavy atom. The highest BCUT2D eigenvalue weighted by molar-refractivity contribution is 6.04. The third kappa shape index (κ3) is 5.48. The second-order valence-corrected chi connectivity index (χ2v) is 6.68. The van der Waals surface area contributed by atoms with Gasteiger partial charge in [0.15, 0.2) is 5.69 Å². The first kappa shape index (κ1) is 21.6. The van der Waals surface area contributed by atoms with Crippen LogP contribution in [0.25, 0.3) is 0 Å². The summed E-state index contributed by atoms with van der Waals surface area (Å²) in [6.07, 6.45) is -4.61. The van der Waals surface area contributed by atoms with Crippen molar-refractivity contribution in [2.75, 3.05) is 29.6 Å². The van der Waals surface area contributed by atoms with Crippen LogP contribution in [0.1, 0.15) is 21.6 Å². The molecule has 3 aromatic rings. The number of carbonyl (C=O) groups is 1. The van der Waals surface area contributed by atoms with E-state index in [4.69, 9.17) is 5.26 Å². The molecule has 0 fully saturated rings. The first-order valence-corrected chi connectivity index (χ1v) is 8.98. The molecule has 0 atom stereocenters. The molecule has 3 rings (SSSR count). The van der Waals surface area contributed by atoms with E-state index in [2.05, 4.69) is 20.6 Å². The summed E-state index contributed by atoms with van der Waals surface area (Å²) >= 11 is 0. The van der Waals surface area contributed by atoms with Gasteiger partial charge in [-0.3, -0.25) is 4.79 Å². The summed E-state index contributed by atoms with van der Waals surface area (Å²) in [5.74, 6) is -0.490. The van der Waals surface area contributed by atoms with Crippen molar-refractivity contribution in [3.63, 3.8) is 0 Å². The molecule has 7 nitrogen and oxygen atoms in total. The Bertz CT molecular complexity index is 1140. The smallest absolute Gasteiger partial charge is 0.347 e. The van der Waals surface area contributed by atoms with Crippen LogP contribution in [0.2, 0.25) is 0 Å². The summed E-state index contributed by atoms with van der Waals surface area (Å²) in [5.41, 5.74) is 0.592. The molecule has 0 radical (unpaired) electrons. The molecule has 0 aliphatic rings. The van der Waals surface area contributed by atoms with E-state index in [1.54, 1.807) is 56.6 Å². The van der Waals surface area contributed by atoms with Crippen LogP contribution < -0.4 is 15.5 Å². The van der Waals surface area contributed by atoms with Crippen LogP contribution in [0.4, 0.5) is 36.3 Å². The average Bonchev–Trinajstić information content (AvgIpc) is 2.74. The fraction of sp³-hybridized carbons (Fsp3) is 0.143. The van der Waals surface area contributed by atoms with Crippen LogP contribution in [0, 0.1) is 11.3 Å². The number of benzene rings is 2. The largest absolute Gasteiger partial charge is 0.433 e. The van der Waals surface area contributed by atoms with Gasteiger partial charge in [-0.1, -0.05) is 6.07 Å². The SMILES string of the molecule is CN(C)c1nc(Nc2ccc(NC(=O)c3cccc(C#N)c3)cc2)cc(C(F)(F)F)n1. The van der Waals surface area contributed by atoms with E-state index in [1.807, 2.05) is 6.07 Å². The van der Waals surface area contributed by atoms with Crippen molar-refractivity contribution >= 4 is 29.0 Å². The number of nitrogens with one attached hydrogen (secondary N) is 2. The molecule has 1 amide bonds. The van der Waals surface area contributed by atoms with Crippen molar-refractivity contribution in [1.29, 1.82) is 5.26 Å². The highest BCUT2D eigenvalue weighted by atomic mass is 19.4. The van der Waals surface area contributed by atoms with Crippen LogP contribution >= 0.6 is 0 Å². The van der Waals surface area contributed by atoms with Gasteiger partial charge in [0.2, 0.25) is 5.95 Å². The maximum atomic E-state index is 13.1. The van der Waals surface area contributed by atoms with E-state index in [1.165, 1.54) is 11.0 Å². The number of nitriles is 1. The summed E-state index contributed by atoms with van der Waals surface area (Å²) in [6, 6.07) is 15.4. The maximum Gasteiger partial charge on any atom is 0.433 e. The third-order valence-electron chi connectivity index (χ3n) is 4.07. The van der Waals surface area contributed by atoms with E-state index < -0.39 is 11.9 Å². The van der Waals surface area contributed by atoms with Crippen LogP contribution in [0.15, 0.2) is 54.6 Å². The Hall–Kier alpha value is -4.13. The zero-order valence-corrected chi connectivity index (χ0v) is 16.5. The summed E-state index contributed by atoms with van der Waals surface area (Å²) in [7, 11) is 3.09. The van der Waals surface area contributed by atoms with Crippen LogP contribution in [-0.2, 0) is 6.18 Å². The minimum atomic E-state index is -4.61. The molecule has 0 aliphatic carbocycles. The molecule has 158 valence electrons. The Labute approximate surface area is 176 Å². The fourth-order valence-electron chi connectivity index (χ4n) is 2.56. The van der Waals surface area contributed by atoms with Gasteiger partial charge in [0.25, 0.3) is 5.91 Å². The van der Waals surface area contributed by atoms with E-state index in [-0.39, 0.29) is 17.7 Å². The average molecular weight is 426 g/mol. The van der Waals surface area contributed by atoms with Gasteiger partial charge < -0.3 is 15.5 Å². The molecule has 2 N–H and O–H groups in total. The van der Waals surface area contributed by atoms with Crippen molar-refractivity contribution in [1.82, 2.24) is 9.97 Å². The van der Waals surface area contributed by atoms with Crippen molar-refractivity contribution < 1.29 is 18.0 Å². The molecule has 2 aromatic carbocycles. The van der Waals surface area contributed by atoms with Gasteiger partial charge in [-0.05, 0) is 42.5 Å². The zero-order chi connectivity index (χ0) is 22.6. The number of halogens is 3. The Morgan fingerprint density at radius 2 is 1.71 bits per heavy atom. The normalized spacial score (nSPS) is 10.8. The van der Waals surface area contributed by atoms with Crippen molar-refractivity contribution in [3.8, 4) is 6.07 Å². The maximum absolute atomic E-state index is 13.1. The van der Waals surface area contributed by atoms with Gasteiger partial charge in [0.1, 0.15) is 5.82 Å². The number of anilines is 4. The number of rotatable bonds is 5. The van der Waals surface area contributed by atoms with Gasteiger partial charge in [-0.25, -0.2) is 4.98 Å². The lowest BCUT2D eigenvalue weighted by Gasteiger charge is -2.15. The second-order valence-electron chi connectivity index (χ2n) is 6.68. The highest BCUT2D eigenvalue weighted by Crippen LogP contribution is 2.31. The molecule has 1 aromatic heterocycles. The van der Waals surface area contributed by atoms with Crippen molar-refractivity contribution in [2.24, 2.45) is 0 Å². The lowest BCUT2D eigenvalue weighted by Crippen LogP contribution is -2.17. The van der Waals surface area contributed by atoms with Crippen LogP contribution in [0.3, 0.4) is 0 Å². The number of amides is 1. The molecule has 0 saturated heterocycles. The lowest BCUT2D eigenvalue weighted by molar-refractivity contribution is -0.141. The van der Waals surface area contributed by atoms with E-state index in [9.17, 15) is 18.0 Å². The monoisotopic (exact) mass is 426 g/mol. The van der Waals surface area contributed by atoms with E-state index >= 15 is 0 Å². The van der Waals surface area contributed by atoms with Gasteiger partial charge >= 0.3 is 6.18 Å². The molecular formula is C21H17F3N6O.